The minimum Gasteiger partial charge on any atom is -0.494 e. The van der Waals surface area contributed by atoms with Crippen LogP contribution in [0.5, 0.6) is 5.75 Å². The number of halogens is 1. The average molecular weight is 258 g/mol. The summed E-state index contributed by atoms with van der Waals surface area (Å²) in [7, 11) is 1.66. The van der Waals surface area contributed by atoms with Crippen molar-refractivity contribution in [1.82, 2.24) is 4.98 Å². The summed E-state index contributed by atoms with van der Waals surface area (Å²) in [6.45, 7) is 2.00. The Balaban J connectivity index is 2.83. The highest BCUT2D eigenvalue weighted by molar-refractivity contribution is 9.10. The van der Waals surface area contributed by atoms with E-state index in [1.807, 2.05) is 19.1 Å². The Bertz CT molecular complexity index is 452. The molecule has 68 valence electrons. The number of aryl methyl sites for hydroxylation is 1. The zero-order valence-electron chi connectivity index (χ0n) is 7.30. The van der Waals surface area contributed by atoms with Crippen LogP contribution in [-0.2, 0) is 0 Å². The summed E-state index contributed by atoms with van der Waals surface area (Å²) < 4.78 is 7.45. The maximum atomic E-state index is 5.22. The van der Waals surface area contributed by atoms with Gasteiger partial charge in [-0.3, -0.25) is 0 Å². The number of thiazole rings is 1. The number of fused-ring (bicyclic) bond motifs is 1. The minimum atomic E-state index is 0.836. The smallest absolute Gasteiger partial charge is 0.146 e. The predicted octanol–water partition coefficient (Wildman–Crippen LogP) is 3.38. The normalized spacial score (nSPS) is 10.7. The van der Waals surface area contributed by atoms with Gasteiger partial charge in [0, 0.05) is 4.47 Å². The quantitative estimate of drug-likeness (QED) is 0.782. The molecule has 4 heteroatoms. The Hall–Kier alpha value is -0.610. The minimum absolute atomic E-state index is 0.836. The summed E-state index contributed by atoms with van der Waals surface area (Å²) >= 11 is 5.16. The van der Waals surface area contributed by atoms with Gasteiger partial charge >= 0.3 is 0 Å². The van der Waals surface area contributed by atoms with Crippen molar-refractivity contribution >= 4 is 37.5 Å². The van der Waals surface area contributed by atoms with Crippen LogP contribution in [0.3, 0.4) is 0 Å². The van der Waals surface area contributed by atoms with Gasteiger partial charge in [0.1, 0.15) is 11.3 Å². The van der Waals surface area contributed by atoms with Gasteiger partial charge in [0.15, 0.2) is 0 Å². The molecule has 1 heterocycles. The third kappa shape index (κ3) is 1.44. The average Bonchev–Trinajstić information content (AvgIpc) is 2.48. The molecule has 0 fully saturated rings. The molecule has 0 spiro atoms. The Morgan fingerprint density at radius 3 is 2.92 bits per heavy atom. The van der Waals surface area contributed by atoms with E-state index in [-0.39, 0.29) is 0 Å². The fourth-order valence-electron chi connectivity index (χ4n) is 1.22. The van der Waals surface area contributed by atoms with Crippen LogP contribution in [0.15, 0.2) is 16.6 Å². The van der Waals surface area contributed by atoms with Crippen molar-refractivity contribution in [3.05, 3.63) is 21.6 Å². The first kappa shape index (κ1) is 8.97. The van der Waals surface area contributed by atoms with Crippen LogP contribution in [0.4, 0.5) is 0 Å². The lowest BCUT2D eigenvalue weighted by Gasteiger charge is -2.00. The highest BCUT2D eigenvalue weighted by Gasteiger charge is 2.08. The molecule has 0 radical (unpaired) electrons. The van der Waals surface area contributed by atoms with Crippen molar-refractivity contribution in [1.29, 1.82) is 0 Å². The topological polar surface area (TPSA) is 22.1 Å². The van der Waals surface area contributed by atoms with Crippen molar-refractivity contribution in [2.75, 3.05) is 7.11 Å². The zero-order valence-corrected chi connectivity index (χ0v) is 9.70. The Labute approximate surface area is 88.7 Å². The van der Waals surface area contributed by atoms with Gasteiger partial charge in [-0.1, -0.05) is 0 Å². The van der Waals surface area contributed by atoms with Crippen LogP contribution < -0.4 is 4.74 Å². The van der Waals surface area contributed by atoms with Crippen molar-refractivity contribution in [3.63, 3.8) is 0 Å². The van der Waals surface area contributed by atoms with E-state index in [9.17, 15) is 0 Å². The second-order valence-corrected chi connectivity index (χ2v) is 4.72. The van der Waals surface area contributed by atoms with E-state index >= 15 is 0 Å². The van der Waals surface area contributed by atoms with Crippen LogP contribution in [0, 0.1) is 6.92 Å². The summed E-state index contributed by atoms with van der Waals surface area (Å²) in [5, 5.41) is 1.06. The SMILES string of the molecule is COc1ccc(Br)c2sc(C)nc12. The number of methoxy groups -OCH3 is 1. The van der Waals surface area contributed by atoms with E-state index in [1.165, 1.54) is 0 Å². The van der Waals surface area contributed by atoms with Crippen molar-refractivity contribution in [2.24, 2.45) is 0 Å². The van der Waals surface area contributed by atoms with Crippen molar-refractivity contribution in [3.8, 4) is 5.75 Å². The van der Waals surface area contributed by atoms with E-state index < -0.39 is 0 Å². The maximum Gasteiger partial charge on any atom is 0.146 e. The van der Waals surface area contributed by atoms with Gasteiger partial charge in [0.2, 0.25) is 0 Å². The van der Waals surface area contributed by atoms with E-state index in [2.05, 4.69) is 20.9 Å². The first-order valence-electron chi connectivity index (χ1n) is 3.82. The molecule has 0 saturated heterocycles. The molecule has 0 aliphatic carbocycles. The summed E-state index contributed by atoms with van der Waals surface area (Å²) in [6.07, 6.45) is 0. The summed E-state index contributed by atoms with van der Waals surface area (Å²) in [5.74, 6) is 0.836. The number of hydrogen-bond acceptors (Lipinski definition) is 3. The monoisotopic (exact) mass is 257 g/mol. The summed E-state index contributed by atoms with van der Waals surface area (Å²) in [6, 6.07) is 3.91. The molecule has 2 rings (SSSR count). The number of aromatic nitrogens is 1. The van der Waals surface area contributed by atoms with Crippen LogP contribution in [0.1, 0.15) is 5.01 Å². The fraction of sp³-hybridized carbons (Fsp3) is 0.222. The third-order valence-electron chi connectivity index (χ3n) is 1.79. The number of benzene rings is 1. The second-order valence-electron chi connectivity index (χ2n) is 2.66. The molecule has 0 unspecified atom stereocenters. The predicted molar refractivity (Wildman–Crippen MR) is 58.6 cm³/mol. The molecular formula is C9H8BrNOS. The standard InChI is InChI=1S/C9H8BrNOS/c1-5-11-8-7(12-2)4-3-6(10)9(8)13-5/h3-4H,1-2H3. The van der Waals surface area contributed by atoms with Gasteiger partial charge in [0.25, 0.3) is 0 Å². The molecule has 0 N–H and O–H groups in total. The molecule has 0 atom stereocenters. The largest absolute Gasteiger partial charge is 0.494 e. The number of nitrogens with zero attached hydrogens (tertiary/aromatic N) is 1. The first-order chi connectivity index (χ1) is 6.22. The molecule has 1 aromatic heterocycles. The number of hydrogen-bond donors (Lipinski definition) is 0. The number of ether oxygens (including phenoxy) is 1. The van der Waals surface area contributed by atoms with Gasteiger partial charge in [-0.2, -0.15) is 0 Å². The van der Waals surface area contributed by atoms with Crippen LogP contribution >= 0.6 is 27.3 Å². The molecule has 2 aromatic rings. The van der Waals surface area contributed by atoms with Crippen molar-refractivity contribution in [2.45, 2.75) is 6.92 Å². The maximum absolute atomic E-state index is 5.22. The zero-order chi connectivity index (χ0) is 9.42. The van der Waals surface area contributed by atoms with E-state index in [4.69, 9.17) is 4.74 Å². The molecule has 1 aromatic carbocycles. The van der Waals surface area contributed by atoms with Crippen LogP contribution in [-0.4, -0.2) is 12.1 Å². The lowest BCUT2D eigenvalue weighted by Crippen LogP contribution is -1.84. The molecular weight excluding hydrogens is 250 g/mol. The fourth-order valence-corrected chi connectivity index (χ4v) is 2.63. The summed E-state index contributed by atoms with van der Waals surface area (Å²) in [4.78, 5) is 4.41. The van der Waals surface area contributed by atoms with E-state index in [0.717, 1.165) is 25.4 Å². The van der Waals surface area contributed by atoms with Crippen LogP contribution in [0.2, 0.25) is 0 Å². The lowest BCUT2D eigenvalue weighted by molar-refractivity contribution is 0.419. The molecule has 0 aliphatic heterocycles. The van der Waals surface area contributed by atoms with E-state index in [1.54, 1.807) is 18.4 Å². The molecule has 13 heavy (non-hydrogen) atoms. The van der Waals surface area contributed by atoms with Gasteiger partial charge < -0.3 is 4.74 Å². The van der Waals surface area contributed by atoms with Gasteiger partial charge in [-0.05, 0) is 35.0 Å². The molecule has 2 nitrogen and oxygen atoms in total. The molecule has 0 saturated carbocycles. The molecule has 0 bridgehead atoms. The first-order valence-corrected chi connectivity index (χ1v) is 5.43. The molecule has 0 amide bonds. The highest BCUT2D eigenvalue weighted by atomic mass is 79.9. The Morgan fingerprint density at radius 1 is 1.46 bits per heavy atom. The number of rotatable bonds is 1. The Kier molecular flexibility index (Phi) is 2.26. The third-order valence-corrected chi connectivity index (χ3v) is 3.71. The highest BCUT2D eigenvalue weighted by Crippen LogP contribution is 2.34. The van der Waals surface area contributed by atoms with Crippen molar-refractivity contribution < 1.29 is 4.74 Å². The molecule has 0 aliphatic rings. The van der Waals surface area contributed by atoms with Crippen LogP contribution in [0.25, 0.3) is 10.2 Å². The lowest BCUT2D eigenvalue weighted by atomic mass is 10.3. The second kappa shape index (κ2) is 3.27. The van der Waals surface area contributed by atoms with E-state index in [0.29, 0.717) is 0 Å². The Morgan fingerprint density at radius 2 is 2.23 bits per heavy atom. The summed E-state index contributed by atoms with van der Waals surface area (Å²) in [5.41, 5.74) is 0.944. The van der Waals surface area contributed by atoms with Gasteiger partial charge in [-0.15, -0.1) is 11.3 Å². The van der Waals surface area contributed by atoms with Gasteiger partial charge in [0.05, 0.1) is 16.8 Å². The van der Waals surface area contributed by atoms with Gasteiger partial charge in [-0.25, -0.2) is 4.98 Å².